The highest BCUT2D eigenvalue weighted by atomic mass is 16.5. The number of ether oxygens (including phenoxy) is 2. The molecule has 3 rings (SSSR count). The Morgan fingerprint density at radius 3 is 2.59 bits per heavy atom. The van der Waals surface area contributed by atoms with Crippen molar-refractivity contribution in [1.82, 2.24) is 15.0 Å². The maximum absolute atomic E-state index is 12.7. The topological polar surface area (TPSA) is 77.7 Å². The van der Waals surface area contributed by atoms with Crippen LogP contribution in [0.2, 0.25) is 0 Å². The Bertz CT molecular complexity index is 746. The van der Waals surface area contributed by atoms with Crippen molar-refractivity contribution >= 4 is 5.91 Å². The molecule has 1 fully saturated rings. The molecule has 7 heteroatoms. The lowest BCUT2D eigenvalue weighted by molar-refractivity contribution is -0.00978. The lowest BCUT2D eigenvalue weighted by Gasteiger charge is -2.32. The first kappa shape index (κ1) is 19.5. The number of rotatable bonds is 7. The number of carbonyl (C=O) groups excluding carboxylic acids is 1. The second-order valence-electron chi connectivity index (χ2n) is 7.03. The summed E-state index contributed by atoms with van der Waals surface area (Å²) < 4.78 is 16.1. The summed E-state index contributed by atoms with van der Waals surface area (Å²) in [5, 5.41) is 3.90. The van der Waals surface area contributed by atoms with Crippen LogP contribution in [0.1, 0.15) is 46.0 Å². The average molecular weight is 373 g/mol. The molecule has 0 bridgehead atoms. The van der Waals surface area contributed by atoms with Gasteiger partial charge in [0.2, 0.25) is 0 Å². The van der Waals surface area contributed by atoms with Gasteiger partial charge in [0, 0.05) is 32.2 Å². The van der Waals surface area contributed by atoms with E-state index in [1.165, 1.54) is 0 Å². The van der Waals surface area contributed by atoms with Gasteiger partial charge in [-0.15, -0.1) is 0 Å². The first-order valence-electron chi connectivity index (χ1n) is 9.34. The average Bonchev–Trinajstić information content (AvgIpc) is 3.11. The van der Waals surface area contributed by atoms with Gasteiger partial charge in [0.25, 0.3) is 11.8 Å². The van der Waals surface area contributed by atoms with Crippen LogP contribution in [0.4, 0.5) is 0 Å². The zero-order valence-corrected chi connectivity index (χ0v) is 16.2. The number of methoxy groups -OCH3 is 1. The number of aryl methyl sites for hydroxylation is 2. The number of likely N-dealkylation sites (tertiary alicyclic amines) is 1. The maximum atomic E-state index is 12.7. The number of aromatic nitrogens is 2. The predicted molar refractivity (Wildman–Crippen MR) is 99.5 cm³/mol. The van der Waals surface area contributed by atoms with E-state index in [-0.39, 0.29) is 12.0 Å². The van der Waals surface area contributed by atoms with Crippen molar-refractivity contribution in [2.75, 3.05) is 26.8 Å². The lowest BCUT2D eigenvalue weighted by Crippen LogP contribution is -2.40. The quantitative estimate of drug-likeness (QED) is 0.743. The molecule has 1 saturated heterocycles. The van der Waals surface area contributed by atoms with Gasteiger partial charge in [0.15, 0.2) is 5.82 Å². The van der Waals surface area contributed by atoms with Gasteiger partial charge in [0.05, 0.1) is 12.7 Å². The SMILES string of the molecule is COCCc1noc(COC2CCN(C(=O)c3cc(C)cc(C)c3)CC2)n1. The molecule has 1 aromatic carbocycles. The third-order valence-electron chi connectivity index (χ3n) is 4.68. The van der Waals surface area contributed by atoms with Crippen LogP contribution in [0.15, 0.2) is 22.7 Å². The van der Waals surface area contributed by atoms with Crippen LogP contribution in [-0.2, 0) is 22.5 Å². The second kappa shape index (κ2) is 9.10. The Morgan fingerprint density at radius 1 is 1.22 bits per heavy atom. The normalized spacial score (nSPS) is 15.3. The fraction of sp³-hybridized carbons (Fsp3) is 0.550. The van der Waals surface area contributed by atoms with Crippen molar-refractivity contribution in [1.29, 1.82) is 0 Å². The minimum atomic E-state index is 0.0972. The minimum Gasteiger partial charge on any atom is -0.384 e. The van der Waals surface area contributed by atoms with E-state index in [0.29, 0.717) is 44.4 Å². The Morgan fingerprint density at radius 2 is 1.93 bits per heavy atom. The second-order valence-corrected chi connectivity index (χ2v) is 7.03. The van der Waals surface area contributed by atoms with Gasteiger partial charge in [-0.3, -0.25) is 4.79 Å². The molecule has 0 unspecified atom stereocenters. The highest BCUT2D eigenvalue weighted by molar-refractivity contribution is 5.94. The summed E-state index contributed by atoms with van der Waals surface area (Å²) in [6.45, 7) is 6.28. The Hall–Kier alpha value is -2.25. The molecule has 2 aromatic rings. The summed E-state index contributed by atoms with van der Waals surface area (Å²) in [5.74, 6) is 1.21. The summed E-state index contributed by atoms with van der Waals surface area (Å²) in [4.78, 5) is 18.9. The molecule has 0 atom stereocenters. The van der Waals surface area contributed by atoms with Gasteiger partial charge < -0.3 is 18.9 Å². The van der Waals surface area contributed by atoms with Crippen LogP contribution in [0, 0.1) is 13.8 Å². The van der Waals surface area contributed by atoms with Crippen LogP contribution in [0.3, 0.4) is 0 Å². The van der Waals surface area contributed by atoms with Crippen LogP contribution < -0.4 is 0 Å². The largest absolute Gasteiger partial charge is 0.384 e. The molecule has 0 saturated carbocycles. The fourth-order valence-electron chi connectivity index (χ4n) is 3.34. The molecule has 1 aliphatic rings. The summed E-state index contributed by atoms with van der Waals surface area (Å²) in [5.41, 5.74) is 2.99. The van der Waals surface area contributed by atoms with E-state index < -0.39 is 0 Å². The number of amides is 1. The van der Waals surface area contributed by atoms with Gasteiger partial charge >= 0.3 is 0 Å². The van der Waals surface area contributed by atoms with E-state index >= 15 is 0 Å². The predicted octanol–water partition coefficient (Wildman–Crippen LogP) is 2.70. The van der Waals surface area contributed by atoms with Gasteiger partial charge in [-0.2, -0.15) is 4.98 Å². The molecule has 0 aliphatic carbocycles. The molecule has 2 heterocycles. The third kappa shape index (κ3) is 5.37. The number of hydrogen-bond donors (Lipinski definition) is 0. The van der Waals surface area contributed by atoms with Crippen LogP contribution in [-0.4, -0.2) is 53.9 Å². The molecule has 0 spiro atoms. The number of piperidine rings is 1. The van der Waals surface area contributed by atoms with Crippen LogP contribution in [0.25, 0.3) is 0 Å². The van der Waals surface area contributed by atoms with Gasteiger partial charge in [0.1, 0.15) is 6.61 Å². The molecule has 7 nitrogen and oxygen atoms in total. The number of nitrogens with zero attached hydrogens (tertiary/aromatic N) is 3. The molecule has 27 heavy (non-hydrogen) atoms. The molecule has 146 valence electrons. The maximum Gasteiger partial charge on any atom is 0.253 e. The Balaban J connectivity index is 1.46. The highest BCUT2D eigenvalue weighted by Crippen LogP contribution is 2.19. The van der Waals surface area contributed by atoms with Gasteiger partial charge in [-0.05, 0) is 38.8 Å². The van der Waals surface area contributed by atoms with Crippen LogP contribution >= 0.6 is 0 Å². The molecule has 1 aliphatic heterocycles. The van der Waals surface area contributed by atoms with Gasteiger partial charge in [-0.25, -0.2) is 0 Å². The first-order chi connectivity index (χ1) is 13.0. The van der Waals surface area contributed by atoms with Crippen molar-refractivity contribution in [2.45, 2.75) is 45.8 Å². The summed E-state index contributed by atoms with van der Waals surface area (Å²) in [6.07, 6.45) is 2.34. The van der Waals surface area contributed by atoms with Crippen LogP contribution in [0.5, 0.6) is 0 Å². The summed E-state index contributed by atoms with van der Waals surface area (Å²) in [6, 6.07) is 5.98. The number of benzene rings is 1. The lowest BCUT2D eigenvalue weighted by atomic mass is 10.0. The Kier molecular flexibility index (Phi) is 6.58. The summed E-state index contributed by atoms with van der Waals surface area (Å²) in [7, 11) is 1.64. The molecule has 1 amide bonds. The molecule has 1 aromatic heterocycles. The van der Waals surface area contributed by atoms with Crippen molar-refractivity contribution in [3.8, 4) is 0 Å². The zero-order chi connectivity index (χ0) is 19.2. The monoisotopic (exact) mass is 373 g/mol. The molecular formula is C20H27N3O4. The number of carbonyl (C=O) groups is 1. The zero-order valence-electron chi connectivity index (χ0n) is 16.2. The molecule has 0 N–H and O–H groups in total. The van der Waals surface area contributed by atoms with Crippen molar-refractivity contribution in [3.63, 3.8) is 0 Å². The highest BCUT2D eigenvalue weighted by Gasteiger charge is 2.24. The van der Waals surface area contributed by atoms with Crippen molar-refractivity contribution in [3.05, 3.63) is 46.6 Å². The standard InChI is InChI=1S/C20H27N3O4/c1-14-10-15(2)12-16(11-14)20(24)23-7-4-17(5-8-23)26-13-19-21-18(22-27-19)6-9-25-3/h10-12,17H,4-9,13H2,1-3H3. The molecule has 0 radical (unpaired) electrons. The minimum absolute atomic E-state index is 0.0972. The molecular weight excluding hydrogens is 346 g/mol. The smallest absolute Gasteiger partial charge is 0.253 e. The first-order valence-corrected chi connectivity index (χ1v) is 9.34. The fourth-order valence-corrected chi connectivity index (χ4v) is 3.34. The van der Waals surface area contributed by atoms with E-state index in [1.54, 1.807) is 7.11 Å². The van der Waals surface area contributed by atoms with E-state index in [4.69, 9.17) is 14.0 Å². The Labute approximate surface area is 159 Å². The summed E-state index contributed by atoms with van der Waals surface area (Å²) >= 11 is 0. The van der Waals surface area contributed by atoms with Crippen molar-refractivity contribution < 1.29 is 18.8 Å². The van der Waals surface area contributed by atoms with Crippen molar-refractivity contribution in [2.24, 2.45) is 0 Å². The van der Waals surface area contributed by atoms with E-state index in [2.05, 4.69) is 16.2 Å². The third-order valence-corrected chi connectivity index (χ3v) is 4.68. The van der Waals surface area contributed by atoms with Gasteiger partial charge in [-0.1, -0.05) is 22.3 Å². The van der Waals surface area contributed by atoms with E-state index in [9.17, 15) is 4.79 Å². The van der Waals surface area contributed by atoms with E-state index in [1.807, 2.05) is 30.9 Å². The number of hydrogen-bond acceptors (Lipinski definition) is 6. The van der Waals surface area contributed by atoms with E-state index in [0.717, 1.165) is 29.5 Å².